The predicted octanol–water partition coefficient (Wildman–Crippen LogP) is 3.58. The molecule has 0 aromatic rings. The number of aliphatic imine (C=N–C) groups is 1. The van der Waals surface area contributed by atoms with Gasteiger partial charge in [-0.1, -0.05) is 20.3 Å². The third kappa shape index (κ3) is 6.23. The van der Waals surface area contributed by atoms with Crippen molar-refractivity contribution in [2.24, 2.45) is 10.4 Å². The summed E-state index contributed by atoms with van der Waals surface area (Å²) in [6.45, 7) is 12.7. The molecule has 0 spiro atoms. The maximum Gasteiger partial charge on any atom is 0.193 e. The van der Waals surface area contributed by atoms with Gasteiger partial charge < -0.3 is 19.9 Å². The molecule has 1 atom stereocenters. The average Bonchev–Trinajstić information content (AvgIpc) is 2.59. The number of nitrogens with zero attached hydrogens (tertiary/aromatic N) is 3. The lowest BCUT2D eigenvalue weighted by Gasteiger charge is -2.44. The maximum absolute atomic E-state index is 5.60. The first-order chi connectivity index (χ1) is 11.9. The molecule has 5 nitrogen and oxygen atoms in total. The summed E-state index contributed by atoms with van der Waals surface area (Å²) in [6, 6.07) is 0. The van der Waals surface area contributed by atoms with E-state index >= 15 is 0 Å². The Kier molecular flexibility index (Phi) is 10.2. The van der Waals surface area contributed by atoms with Crippen LogP contribution >= 0.6 is 24.0 Å². The summed E-state index contributed by atoms with van der Waals surface area (Å²) >= 11 is 0. The Morgan fingerprint density at radius 2 is 1.88 bits per heavy atom. The fourth-order valence-corrected chi connectivity index (χ4v) is 4.45. The summed E-state index contributed by atoms with van der Waals surface area (Å²) in [6.07, 6.45) is 7.32. The van der Waals surface area contributed by atoms with Crippen LogP contribution in [0.2, 0.25) is 0 Å². The SMILES string of the molecule is CCCC1(C)CCCN(C(=NCC2(N(C)C)CCOCC2)NCC)C1.I. The molecule has 2 fully saturated rings. The molecule has 0 amide bonds. The van der Waals surface area contributed by atoms with Gasteiger partial charge in [-0.05, 0) is 58.5 Å². The van der Waals surface area contributed by atoms with E-state index in [1.807, 2.05) is 0 Å². The van der Waals surface area contributed by atoms with Crippen LogP contribution in [0.15, 0.2) is 4.99 Å². The standard InChI is InChI=1S/C20H40N4O.HI/c1-6-9-19(3)10-8-13-24(17-19)18(21-7-2)22-16-20(23(4)5)11-14-25-15-12-20;/h6-17H2,1-5H3,(H,21,22);1H. The van der Waals surface area contributed by atoms with Crippen molar-refractivity contribution in [2.75, 3.05) is 53.5 Å². The van der Waals surface area contributed by atoms with Gasteiger partial charge in [0.2, 0.25) is 0 Å². The molecule has 0 aliphatic carbocycles. The Labute approximate surface area is 178 Å². The number of piperidine rings is 1. The molecule has 154 valence electrons. The minimum atomic E-state index is 0. The fraction of sp³-hybridized carbons (Fsp3) is 0.950. The molecule has 6 heteroatoms. The van der Waals surface area contributed by atoms with E-state index in [4.69, 9.17) is 9.73 Å². The Hall–Kier alpha value is -0.0800. The van der Waals surface area contributed by atoms with Crippen LogP contribution in [-0.2, 0) is 4.74 Å². The molecular formula is C20H41IN4O. The largest absolute Gasteiger partial charge is 0.381 e. The number of nitrogens with one attached hydrogen (secondary N) is 1. The molecule has 1 N–H and O–H groups in total. The molecule has 0 aromatic heterocycles. The van der Waals surface area contributed by atoms with Crippen molar-refractivity contribution in [3.63, 3.8) is 0 Å². The number of ether oxygens (including phenoxy) is 1. The molecule has 0 radical (unpaired) electrons. The van der Waals surface area contributed by atoms with Crippen molar-refractivity contribution in [1.29, 1.82) is 0 Å². The van der Waals surface area contributed by atoms with Gasteiger partial charge in [-0.3, -0.25) is 4.99 Å². The van der Waals surface area contributed by atoms with Crippen LogP contribution in [0, 0.1) is 5.41 Å². The normalized spacial score (nSPS) is 26.5. The smallest absolute Gasteiger partial charge is 0.193 e. The number of halogens is 1. The van der Waals surface area contributed by atoms with E-state index in [1.54, 1.807) is 0 Å². The van der Waals surface area contributed by atoms with E-state index in [1.165, 1.54) is 25.7 Å². The van der Waals surface area contributed by atoms with Crippen molar-refractivity contribution in [3.05, 3.63) is 0 Å². The fourth-order valence-electron chi connectivity index (χ4n) is 4.45. The number of guanidine groups is 1. The van der Waals surface area contributed by atoms with Gasteiger partial charge in [-0.15, -0.1) is 24.0 Å². The summed E-state index contributed by atoms with van der Waals surface area (Å²) in [5.41, 5.74) is 0.572. The van der Waals surface area contributed by atoms with Crippen LogP contribution in [-0.4, -0.2) is 74.8 Å². The zero-order valence-corrected chi connectivity index (χ0v) is 20.0. The predicted molar refractivity (Wildman–Crippen MR) is 122 cm³/mol. The lowest BCUT2D eigenvalue weighted by molar-refractivity contribution is -0.00271. The average molecular weight is 480 g/mol. The Balaban J connectivity index is 0.00000338. The Morgan fingerprint density at radius 3 is 2.46 bits per heavy atom. The molecular weight excluding hydrogens is 439 g/mol. The number of likely N-dealkylation sites (N-methyl/N-ethyl adjacent to an activating group) is 1. The zero-order valence-electron chi connectivity index (χ0n) is 17.6. The van der Waals surface area contributed by atoms with E-state index in [-0.39, 0.29) is 29.5 Å². The lowest BCUT2D eigenvalue weighted by Crippen LogP contribution is -2.53. The molecule has 2 rings (SSSR count). The van der Waals surface area contributed by atoms with Crippen molar-refractivity contribution in [2.45, 2.75) is 64.8 Å². The van der Waals surface area contributed by atoms with E-state index in [0.29, 0.717) is 5.41 Å². The molecule has 1 unspecified atom stereocenters. The summed E-state index contributed by atoms with van der Waals surface area (Å²) < 4.78 is 5.60. The zero-order chi connectivity index (χ0) is 18.3. The molecule has 2 aliphatic rings. The van der Waals surface area contributed by atoms with Crippen LogP contribution in [0.4, 0.5) is 0 Å². The summed E-state index contributed by atoms with van der Waals surface area (Å²) in [5.74, 6) is 1.11. The number of likely N-dealkylation sites (tertiary alicyclic amines) is 1. The second-order valence-corrected chi connectivity index (χ2v) is 8.49. The van der Waals surface area contributed by atoms with Crippen molar-refractivity contribution in [1.82, 2.24) is 15.1 Å². The van der Waals surface area contributed by atoms with Crippen LogP contribution < -0.4 is 5.32 Å². The third-order valence-corrected chi connectivity index (χ3v) is 6.16. The second kappa shape index (κ2) is 11.1. The Bertz CT molecular complexity index is 434. The quantitative estimate of drug-likeness (QED) is 0.359. The molecule has 0 aromatic carbocycles. The van der Waals surface area contributed by atoms with Crippen molar-refractivity contribution >= 4 is 29.9 Å². The third-order valence-electron chi connectivity index (χ3n) is 6.16. The minimum absolute atomic E-state index is 0. The molecule has 2 saturated heterocycles. The van der Waals surface area contributed by atoms with E-state index < -0.39 is 0 Å². The monoisotopic (exact) mass is 480 g/mol. The topological polar surface area (TPSA) is 40.1 Å². The van der Waals surface area contributed by atoms with Crippen LogP contribution in [0.3, 0.4) is 0 Å². The first kappa shape index (κ1) is 24.0. The lowest BCUT2D eigenvalue weighted by atomic mass is 9.78. The van der Waals surface area contributed by atoms with E-state index in [9.17, 15) is 0 Å². The van der Waals surface area contributed by atoms with Gasteiger partial charge in [-0.25, -0.2) is 0 Å². The van der Waals surface area contributed by atoms with Gasteiger partial charge in [0.1, 0.15) is 0 Å². The van der Waals surface area contributed by atoms with E-state index in [2.05, 4.69) is 50.0 Å². The molecule has 26 heavy (non-hydrogen) atoms. The van der Waals surface area contributed by atoms with Crippen molar-refractivity contribution in [3.8, 4) is 0 Å². The highest BCUT2D eigenvalue weighted by molar-refractivity contribution is 14.0. The highest BCUT2D eigenvalue weighted by Crippen LogP contribution is 2.34. The highest BCUT2D eigenvalue weighted by Gasteiger charge is 2.36. The first-order valence-corrected chi connectivity index (χ1v) is 10.2. The van der Waals surface area contributed by atoms with Crippen molar-refractivity contribution < 1.29 is 4.74 Å². The van der Waals surface area contributed by atoms with Crippen LogP contribution in [0.1, 0.15) is 59.3 Å². The van der Waals surface area contributed by atoms with Crippen LogP contribution in [0.5, 0.6) is 0 Å². The second-order valence-electron chi connectivity index (χ2n) is 8.49. The van der Waals surface area contributed by atoms with Gasteiger partial charge in [0.15, 0.2) is 5.96 Å². The molecule has 0 bridgehead atoms. The molecule has 2 heterocycles. The number of hydrogen-bond acceptors (Lipinski definition) is 3. The van der Waals surface area contributed by atoms with E-state index in [0.717, 1.165) is 58.2 Å². The Morgan fingerprint density at radius 1 is 1.19 bits per heavy atom. The number of hydrogen-bond donors (Lipinski definition) is 1. The maximum atomic E-state index is 5.60. The summed E-state index contributed by atoms with van der Waals surface area (Å²) in [7, 11) is 4.37. The van der Waals surface area contributed by atoms with Gasteiger partial charge in [0.05, 0.1) is 6.54 Å². The highest BCUT2D eigenvalue weighted by atomic mass is 127. The van der Waals surface area contributed by atoms with Gasteiger partial charge in [-0.2, -0.15) is 0 Å². The van der Waals surface area contributed by atoms with Gasteiger partial charge >= 0.3 is 0 Å². The summed E-state index contributed by atoms with van der Waals surface area (Å²) in [5, 5.41) is 3.55. The molecule has 2 aliphatic heterocycles. The summed E-state index contributed by atoms with van der Waals surface area (Å²) in [4.78, 5) is 9.98. The van der Waals surface area contributed by atoms with Gasteiger partial charge in [0.25, 0.3) is 0 Å². The first-order valence-electron chi connectivity index (χ1n) is 10.2. The number of rotatable bonds is 6. The molecule has 0 saturated carbocycles. The van der Waals surface area contributed by atoms with Crippen LogP contribution in [0.25, 0.3) is 0 Å². The van der Waals surface area contributed by atoms with Gasteiger partial charge in [0, 0.05) is 38.4 Å². The minimum Gasteiger partial charge on any atom is -0.381 e.